The lowest BCUT2D eigenvalue weighted by molar-refractivity contribution is 0.102. The molecular formula is C19H18Cl2N4O. The van der Waals surface area contributed by atoms with Crippen LogP contribution in [0.5, 0.6) is 0 Å². The van der Waals surface area contributed by atoms with Crippen LogP contribution < -0.4 is 5.32 Å². The van der Waals surface area contributed by atoms with E-state index in [-0.39, 0.29) is 11.3 Å². The Morgan fingerprint density at radius 2 is 1.85 bits per heavy atom. The number of nitrogens with one attached hydrogen (secondary N) is 1. The van der Waals surface area contributed by atoms with Crippen molar-refractivity contribution in [1.82, 2.24) is 14.8 Å². The summed E-state index contributed by atoms with van der Waals surface area (Å²) < 4.78 is 1.62. The predicted octanol–water partition coefficient (Wildman–Crippen LogP) is 5.12. The topological polar surface area (TPSA) is 59.8 Å². The van der Waals surface area contributed by atoms with Gasteiger partial charge in [-0.3, -0.25) is 4.79 Å². The lowest BCUT2D eigenvalue weighted by atomic mass is 9.92. The number of amides is 1. The van der Waals surface area contributed by atoms with Crippen LogP contribution in [0.1, 0.15) is 36.8 Å². The Labute approximate surface area is 162 Å². The van der Waals surface area contributed by atoms with Crippen molar-refractivity contribution in [2.24, 2.45) is 0 Å². The van der Waals surface area contributed by atoms with Gasteiger partial charge in [-0.2, -0.15) is 9.78 Å². The van der Waals surface area contributed by atoms with Gasteiger partial charge in [0, 0.05) is 23.2 Å². The number of aromatic nitrogens is 3. The minimum Gasteiger partial charge on any atom is -0.306 e. The monoisotopic (exact) mass is 388 g/mol. The van der Waals surface area contributed by atoms with Crippen molar-refractivity contribution in [1.29, 1.82) is 0 Å². The molecule has 0 unspecified atom stereocenters. The first-order valence-electron chi connectivity index (χ1n) is 8.04. The highest BCUT2D eigenvalue weighted by molar-refractivity contribution is 6.42. The summed E-state index contributed by atoms with van der Waals surface area (Å²) in [6.07, 6.45) is 1.68. The van der Waals surface area contributed by atoms with E-state index in [1.54, 1.807) is 23.0 Å². The first-order chi connectivity index (χ1) is 12.3. The molecule has 0 aliphatic heterocycles. The van der Waals surface area contributed by atoms with Crippen molar-refractivity contribution < 1.29 is 4.79 Å². The average molecular weight is 389 g/mol. The molecular weight excluding hydrogens is 371 g/mol. The summed E-state index contributed by atoms with van der Waals surface area (Å²) in [7, 11) is 0. The number of anilines is 1. The van der Waals surface area contributed by atoms with Gasteiger partial charge in [0.25, 0.3) is 5.91 Å². The average Bonchev–Trinajstić information content (AvgIpc) is 3.02. The Morgan fingerprint density at radius 3 is 2.46 bits per heavy atom. The van der Waals surface area contributed by atoms with Crippen LogP contribution in [-0.4, -0.2) is 20.7 Å². The molecule has 0 atom stereocenters. The summed E-state index contributed by atoms with van der Waals surface area (Å²) in [5.74, 6) is 0.846. The van der Waals surface area contributed by atoms with Crippen LogP contribution in [0, 0.1) is 0 Å². The Bertz CT molecular complexity index is 946. The molecule has 0 bridgehead atoms. The molecule has 0 radical (unpaired) electrons. The van der Waals surface area contributed by atoms with E-state index in [0.717, 1.165) is 5.69 Å². The van der Waals surface area contributed by atoms with E-state index in [9.17, 15) is 4.79 Å². The predicted molar refractivity (Wildman–Crippen MR) is 104 cm³/mol. The minimum atomic E-state index is -0.305. The molecule has 0 aliphatic rings. The molecule has 7 heteroatoms. The quantitative estimate of drug-likeness (QED) is 0.676. The molecule has 0 aliphatic carbocycles. The molecule has 5 nitrogen and oxygen atoms in total. The molecule has 0 saturated heterocycles. The third kappa shape index (κ3) is 3.89. The number of hydrogen-bond acceptors (Lipinski definition) is 3. The summed E-state index contributed by atoms with van der Waals surface area (Å²) in [4.78, 5) is 17.0. The standard InChI is InChI=1S/C19H18Cl2N4O/c1-19(2,3)15-11-17(25(24-15)16-6-4-5-9-22-16)23-18(26)12-7-8-13(20)14(21)10-12/h4-11H,1-3H3,(H,23,26). The molecule has 134 valence electrons. The molecule has 1 aromatic carbocycles. The third-order valence-electron chi connectivity index (χ3n) is 3.77. The van der Waals surface area contributed by atoms with Gasteiger partial charge < -0.3 is 5.32 Å². The van der Waals surface area contributed by atoms with E-state index >= 15 is 0 Å². The van der Waals surface area contributed by atoms with Gasteiger partial charge in [0.1, 0.15) is 5.82 Å². The van der Waals surface area contributed by atoms with Crippen LogP contribution in [0.2, 0.25) is 10.0 Å². The largest absolute Gasteiger partial charge is 0.306 e. The Kier molecular flexibility index (Phi) is 5.03. The highest BCUT2D eigenvalue weighted by Crippen LogP contribution is 2.27. The fourth-order valence-corrected chi connectivity index (χ4v) is 2.61. The van der Waals surface area contributed by atoms with Crippen molar-refractivity contribution in [2.45, 2.75) is 26.2 Å². The van der Waals surface area contributed by atoms with Crippen LogP contribution in [-0.2, 0) is 5.41 Å². The summed E-state index contributed by atoms with van der Waals surface area (Å²) in [6, 6.07) is 12.1. The maximum Gasteiger partial charge on any atom is 0.256 e. The van der Waals surface area contributed by atoms with Crippen LogP contribution in [0.15, 0.2) is 48.7 Å². The second-order valence-electron chi connectivity index (χ2n) is 6.85. The number of rotatable bonds is 3. The van der Waals surface area contributed by atoms with E-state index < -0.39 is 0 Å². The second kappa shape index (κ2) is 7.09. The van der Waals surface area contributed by atoms with Gasteiger partial charge in [0.05, 0.1) is 15.7 Å². The second-order valence-corrected chi connectivity index (χ2v) is 7.66. The van der Waals surface area contributed by atoms with Crippen LogP contribution >= 0.6 is 23.2 Å². The zero-order valence-electron chi connectivity index (χ0n) is 14.6. The normalized spacial score (nSPS) is 11.4. The number of hydrogen-bond donors (Lipinski definition) is 1. The third-order valence-corrected chi connectivity index (χ3v) is 4.51. The molecule has 1 N–H and O–H groups in total. The number of benzene rings is 1. The Balaban J connectivity index is 1.99. The molecule has 2 aromatic heterocycles. The number of carbonyl (C=O) groups excluding carboxylic acids is 1. The smallest absolute Gasteiger partial charge is 0.256 e. The molecule has 0 spiro atoms. The van der Waals surface area contributed by atoms with Gasteiger partial charge >= 0.3 is 0 Å². The zero-order valence-corrected chi connectivity index (χ0v) is 16.1. The summed E-state index contributed by atoms with van der Waals surface area (Å²) in [5, 5.41) is 8.23. The van der Waals surface area contributed by atoms with Gasteiger partial charge in [-0.1, -0.05) is 50.0 Å². The first-order valence-corrected chi connectivity index (χ1v) is 8.79. The maximum absolute atomic E-state index is 12.6. The lowest BCUT2D eigenvalue weighted by Gasteiger charge is -2.13. The maximum atomic E-state index is 12.6. The van der Waals surface area contributed by atoms with Crippen molar-refractivity contribution in [3.8, 4) is 5.82 Å². The SMILES string of the molecule is CC(C)(C)c1cc(NC(=O)c2ccc(Cl)c(Cl)c2)n(-c2ccccn2)n1. The van der Waals surface area contributed by atoms with Crippen molar-refractivity contribution in [3.63, 3.8) is 0 Å². The minimum absolute atomic E-state index is 0.177. The fourth-order valence-electron chi connectivity index (χ4n) is 2.32. The van der Waals surface area contributed by atoms with Crippen molar-refractivity contribution >= 4 is 34.9 Å². The van der Waals surface area contributed by atoms with Gasteiger partial charge in [0.15, 0.2) is 5.82 Å². The molecule has 0 fully saturated rings. The van der Waals surface area contributed by atoms with E-state index in [1.807, 2.05) is 24.3 Å². The highest BCUT2D eigenvalue weighted by atomic mass is 35.5. The van der Waals surface area contributed by atoms with E-state index in [0.29, 0.717) is 27.2 Å². The molecule has 2 heterocycles. The van der Waals surface area contributed by atoms with Crippen LogP contribution in [0.3, 0.4) is 0 Å². The Morgan fingerprint density at radius 1 is 1.08 bits per heavy atom. The molecule has 26 heavy (non-hydrogen) atoms. The van der Waals surface area contributed by atoms with Crippen LogP contribution in [0.4, 0.5) is 5.82 Å². The lowest BCUT2D eigenvalue weighted by Crippen LogP contribution is -2.15. The Hall–Kier alpha value is -2.37. The molecule has 3 rings (SSSR count). The van der Waals surface area contributed by atoms with E-state index in [4.69, 9.17) is 23.2 Å². The fraction of sp³-hybridized carbons (Fsp3) is 0.211. The number of halogens is 2. The first kappa shape index (κ1) is 18.4. The van der Waals surface area contributed by atoms with E-state index in [1.165, 1.54) is 6.07 Å². The number of pyridine rings is 1. The van der Waals surface area contributed by atoms with Gasteiger partial charge in [-0.15, -0.1) is 0 Å². The zero-order chi connectivity index (χ0) is 18.9. The highest BCUT2D eigenvalue weighted by Gasteiger charge is 2.22. The molecule has 1 amide bonds. The molecule has 3 aromatic rings. The summed E-state index contributed by atoms with van der Waals surface area (Å²) >= 11 is 11.9. The van der Waals surface area contributed by atoms with Gasteiger partial charge in [0.2, 0.25) is 0 Å². The van der Waals surface area contributed by atoms with Gasteiger partial charge in [-0.05, 0) is 30.3 Å². The van der Waals surface area contributed by atoms with E-state index in [2.05, 4.69) is 36.2 Å². The summed E-state index contributed by atoms with van der Waals surface area (Å²) in [6.45, 7) is 6.17. The number of carbonyl (C=O) groups is 1. The number of nitrogens with zero attached hydrogens (tertiary/aromatic N) is 3. The van der Waals surface area contributed by atoms with Crippen LogP contribution in [0.25, 0.3) is 5.82 Å². The molecule has 0 saturated carbocycles. The van der Waals surface area contributed by atoms with Gasteiger partial charge in [-0.25, -0.2) is 4.98 Å². The van der Waals surface area contributed by atoms with Crippen molar-refractivity contribution in [3.05, 3.63) is 70.0 Å². The van der Waals surface area contributed by atoms with Crippen molar-refractivity contribution in [2.75, 3.05) is 5.32 Å². The summed E-state index contributed by atoms with van der Waals surface area (Å²) in [5.41, 5.74) is 1.07.